The van der Waals surface area contributed by atoms with Crippen molar-refractivity contribution in [3.8, 4) is 0 Å². The lowest BCUT2D eigenvalue weighted by molar-refractivity contribution is -0.136. The number of aromatic nitrogens is 2. The van der Waals surface area contributed by atoms with Crippen molar-refractivity contribution in [3.05, 3.63) is 46.2 Å². The van der Waals surface area contributed by atoms with Crippen LogP contribution in [-0.4, -0.2) is 27.3 Å². The molecule has 23 heavy (non-hydrogen) atoms. The largest absolute Gasteiger partial charge is 0.333 e. The van der Waals surface area contributed by atoms with E-state index in [9.17, 15) is 4.79 Å². The van der Waals surface area contributed by atoms with E-state index in [1.807, 2.05) is 19.2 Å². The van der Waals surface area contributed by atoms with Gasteiger partial charge in [-0.15, -0.1) is 11.3 Å². The standard InChI is InChI=1S/C18H21N3OS/c1-12-11-23-17(20-12)16-6-2-3-8-21(16)18(22)15-9-14(15)13-5-4-7-19-10-13/h4-5,7,10-11,14-16H,2-3,6,8-9H2,1H3/t14-,15+,16+/m1/s1. The van der Waals surface area contributed by atoms with Gasteiger partial charge in [-0.2, -0.15) is 0 Å². The molecule has 0 bridgehead atoms. The number of amides is 1. The summed E-state index contributed by atoms with van der Waals surface area (Å²) in [6.45, 7) is 2.90. The number of rotatable bonds is 3. The van der Waals surface area contributed by atoms with Crippen molar-refractivity contribution < 1.29 is 4.79 Å². The van der Waals surface area contributed by atoms with Crippen LogP contribution in [0.4, 0.5) is 0 Å². The summed E-state index contributed by atoms with van der Waals surface area (Å²) in [6.07, 6.45) is 7.98. The molecule has 1 aliphatic heterocycles. The topological polar surface area (TPSA) is 46.1 Å². The van der Waals surface area contributed by atoms with Crippen molar-refractivity contribution in [1.82, 2.24) is 14.9 Å². The van der Waals surface area contributed by atoms with Crippen LogP contribution in [0.2, 0.25) is 0 Å². The second-order valence-electron chi connectivity index (χ2n) is 6.61. The molecule has 2 aromatic heterocycles. The predicted octanol–water partition coefficient (Wildman–Crippen LogP) is 3.70. The van der Waals surface area contributed by atoms with Crippen molar-refractivity contribution in [1.29, 1.82) is 0 Å². The minimum atomic E-state index is 0.140. The molecule has 120 valence electrons. The maximum absolute atomic E-state index is 13.0. The minimum Gasteiger partial charge on any atom is -0.333 e. The molecule has 3 heterocycles. The number of thiazole rings is 1. The molecule has 4 rings (SSSR count). The molecule has 1 saturated carbocycles. The first kappa shape index (κ1) is 14.8. The van der Waals surface area contributed by atoms with Crippen LogP contribution in [0, 0.1) is 12.8 Å². The lowest BCUT2D eigenvalue weighted by atomic mass is 10.0. The van der Waals surface area contributed by atoms with Crippen molar-refractivity contribution in [3.63, 3.8) is 0 Å². The Labute approximate surface area is 140 Å². The smallest absolute Gasteiger partial charge is 0.226 e. The fourth-order valence-electron chi connectivity index (χ4n) is 3.62. The van der Waals surface area contributed by atoms with E-state index in [-0.39, 0.29) is 12.0 Å². The molecule has 0 spiro atoms. The molecule has 5 heteroatoms. The van der Waals surface area contributed by atoms with Crippen LogP contribution >= 0.6 is 11.3 Å². The zero-order valence-electron chi connectivity index (χ0n) is 13.3. The van der Waals surface area contributed by atoms with Gasteiger partial charge in [0.15, 0.2) is 0 Å². The van der Waals surface area contributed by atoms with Crippen LogP contribution in [0.3, 0.4) is 0 Å². The molecule has 1 amide bonds. The van der Waals surface area contributed by atoms with Crippen LogP contribution in [0.1, 0.15) is 53.9 Å². The van der Waals surface area contributed by atoms with Crippen molar-refractivity contribution in [2.45, 2.75) is 44.6 Å². The van der Waals surface area contributed by atoms with Gasteiger partial charge < -0.3 is 4.90 Å². The van der Waals surface area contributed by atoms with Gasteiger partial charge in [-0.05, 0) is 50.2 Å². The molecular formula is C18H21N3OS. The van der Waals surface area contributed by atoms with E-state index >= 15 is 0 Å². The van der Waals surface area contributed by atoms with Crippen LogP contribution < -0.4 is 0 Å². The molecule has 1 aliphatic carbocycles. The van der Waals surface area contributed by atoms with Crippen LogP contribution in [-0.2, 0) is 4.79 Å². The summed E-state index contributed by atoms with van der Waals surface area (Å²) in [4.78, 5) is 23.9. The van der Waals surface area contributed by atoms with Gasteiger partial charge in [0, 0.05) is 35.9 Å². The number of hydrogen-bond acceptors (Lipinski definition) is 4. The molecule has 2 fully saturated rings. The highest BCUT2D eigenvalue weighted by Crippen LogP contribution is 2.49. The van der Waals surface area contributed by atoms with Gasteiger partial charge in [0.05, 0.1) is 6.04 Å². The second-order valence-corrected chi connectivity index (χ2v) is 7.50. The van der Waals surface area contributed by atoms with E-state index in [2.05, 4.69) is 26.3 Å². The SMILES string of the molecule is Cc1csc([C@@H]2CCCCN2C(=O)[C@H]2C[C@@H]2c2cccnc2)n1. The van der Waals surface area contributed by atoms with Gasteiger partial charge in [-0.25, -0.2) is 4.98 Å². The molecule has 4 nitrogen and oxygen atoms in total. The molecule has 2 aromatic rings. The van der Waals surface area contributed by atoms with Gasteiger partial charge in [0.25, 0.3) is 0 Å². The Bertz CT molecular complexity index is 699. The maximum atomic E-state index is 13.0. The second kappa shape index (κ2) is 6.04. The Balaban J connectivity index is 1.51. The van der Waals surface area contributed by atoms with E-state index in [0.717, 1.165) is 36.5 Å². The number of hydrogen-bond donors (Lipinski definition) is 0. The lowest BCUT2D eigenvalue weighted by Crippen LogP contribution is -2.39. The highest BCUT2D eigenvalue weighted by molar-refractivity contribution is 7.09. The Morgan fingerprint density at radius 3 is 3.04 bits per heavy atom. The Morgan fingerprint density at radius 1 is 1.39 bits per heavy atom. The molecule has 2 aliphatic rings. The minimum absolute atomic E-state index is 0.140. The van der Waals surface area contributed by atoms with Crippen LogP contribution in [0.15, 0.2) is 29.9 Å². The summed E-state index contributed by atoms with van der Waals surface area (Å²) in [6, 6.07) is 4.23. The van der Waals surface area contributed by atoms with E-state index in [1.165, 1.54) is 12.0 Å². The normalized spacial score (nSPS) is 27.0. The zero-order valence-corrected chi connectivity index (χ0v) is 14.1. The van der Waals surface area contributed by atoms with Crippen molar-refractivity contribution in [2.24, 2.45) is 5.92 Å². The number of pyridine rings is 1. The van der Waals surface area contributed by atoms with Gasteiger partial charge >= 0.3 is 0 Å². The number of aryl methyl sites for hydroxylation is 1. The first-order valence-corrected chi connectivity index (χ1v) is 9.24. The van der Waals surface area contributed by atoms with Crippen molar-refractivity contribution >= 4 is 17.2 Å². The third-order valence-corrected chi connectivity index (χ3v) is 5.99. The van der Waals surface area contributed by atoms with Crippen LogP contribution in [0.5, 0.6) is 0 Å². The number of nitrogens with zero attached hydrogens (tertiary/aromatic N) is 3. The Hall–Kier alpha value is -1.75. The fraction of sp³-hybridized carbons (Fsp3) is 0.500. The average molecular weight is 327 g/mol. The first-order valence-electron chi connectivity index (χ1n) is 8.36. The van der Waals surface area contributed by atoms with E-state index in [0.29, 0.717) is 11.8 Å². The molecular weight excluding hydrogens is 306 g/mol. The Kier molecular flexibility index (Phi) is 3.89. The highest BCUT2D eigenvalue weighted by Gasteiger charge is 2.47. The third-order valence-electron chi connectivity index (χ3n) is 4.93. The molecule has 3 atom stereocenters. The van der Waals surface area contributed by atoms with E-state index < -0.39 is 0 Å². The molecule has 0 unspecified atom stereocenters. The molecule has 0 aromatic carbocycles. The third kappa shape index (κ3) is 2.90. The highest BCUT2D eigenvalue weighted by atomic mass is 32.1. The summed E-state index contributed by atoms with van der Waals surface area (Å²) < 4.78 is 0. The predicted molar refractivity (Wildman–Crippen MR) is 90.2 cm³/mol. The maximum Gasteiger partial charge on any atom is 0.226 e. The summed E-state index contributed by atoms with van der Waals surface area (Å²) in [5.41, 5.74) is 2.26. The van der Waals surface area contributed by atoms with E-state index in [1.54, 1.807) is 17.5 Å². The van der Waals surface area contributed by atoms with E-state index in [4.69, 9.17) is 0 Å². The molecule has 1 saturated heterocycles. The number of likely N-dealkylation sites (tertiary alicyclic amines) is 1. The quantitative estimate of drug-likeness (QED) is 0.863. The average Bonchev–Trinajstić information content (AvgIpc) is 3.29. The van der Waals surface area contributed by atoms with Gasteiger partial charge in [0.1, 0.15) is 5.01 Å². The summed E-state index contributed by atoms with van der Waals surface area (Å²) >= 11 is 1.69. The van der Waals surface area contributed by atoms with Gasteiger partial charge in [-0.3, -0.25) is 9.78 Å². The summed E-state index contributed by atoms with van der Waals surface area (Å²) in [5.74, 6) is 0.814. The molecule has 0 radical (unpaired) electrons. The van der Waals surface area contributed by atoms with Crippen LogP contribution in [0.25, 0.3) is 0 Å². The Morgan fingerprint density at radius 2 is 2.30 bits per heavy atom. The van der Waals surface area contributed by atoms with Crippen molar-refractivity contribution in [2.75, 3.05) is 6.54 Å². The number of carbonyl (C=O) groups is 1. The number of piperidine rings is 1. The first-order chi connectivity index (χ1) is 11.2. The van der Waals surface area contributed by atoms with Gasteiger partial charge in [-0.1, -0.05) is 6.07 Å². The number of carbonyl (C=O) groups excluding carboxylic acids is 1. The molecule has 0 N–H and O–H groups in total. The lowest BCUT2D eigenvalue weighted by Gasteiger charge is -2.35. The van der Waals surface area contributed by atoms with Gasteiger partial charge in [0.2, 0.25) is 5.91 Å². The monoisotopic (exact) mass is 327 g/mol. The summed E-state index contributed by atoms with van der Waals surface area (Å²) in [7, 11) is 0. The zero-order chi connectivity index (χ0) is 15.8. The fourth-order valence-corrected chi connectivity index (χ4v) is 4.56. The summed E-state index contributed by atoms with van der Waals surface area (Å²) in [5, 5.41) is 3.19.